The Hall–Kier alpha value is -1.62. The third-order valence-electron chi connectivity index (χ3n) is 15.5. The number of carbonyl (C=O) groups is 2. The molecule has 0 aromatic heterocycles. The van der Waals surface area contributed by atoms with Crippen LogP contribution < -0.4 is 0 Å². The van der Waals surface area contributed by atoms with E-state index in [1.54, 1.807) is 0 Å². The minimum Gasteiger partial charge on any atom is -0.462 e. The number of rotatable bonds is 63. The van der Waals surface area contributed by atoms with Gasteiger partial charge in [-0.15, -0.1) is 0 Å². The van der Waals surface area contributed by atoms with E-state index in [0.717, 1.165) is 38.5 Å². The average molecular weight is 1030 g/mol. The Kier molecular flexibility index (Phi) is 63.2. The SMILES string of the molecule is CCCCCCC/C=C\C/C=C\CCCCCCCCCCCCCCCCCCCCCCCCCCCC(=O)OC(CO)COC(=O)CCCCCCCCCCCCCCCCCCCCCCCC. The maximum Gasteiger partial charge on any atom is 0.306 e. The van der Waals surface area contributed by atoms with Crippen molar-refractivity contribution in [3.63, 3.8) is 0 Å². The highest BCUT2D eigenvalue weighted by Gasteiger charge is 2.16. The van der Waals surface area contributed by atoms with Crippen molar-refractivity contribution in [2.24, 2.45) is 0 Å². The molecule has 5 heteroatoms. The minimum atomic E-state index is -0.767. The van der Waals surface area contributed by atoms with Crippen LogP contribution in [0.25, 0.3) is 0 Å². The fourth-order valence-electron chi connectivity index (χ4n) is 10.5. The van der Waals surface area contributed by atoms with Gasteiger partial charge in [0.2, 0.25) is 0 Å². The normalized spacial score (nSPS) is 12.2. The van der Waals surface area contributed by atoms with Crippen molar-refractivity contribution < 1.29 is 24.2 Å². The Morgan fingerprint density at radius 3 is 0.808 bits per heavy atom. The summed E-state index contributed by atoms with van der Waals surface area (Å²) in [5.41, 5.74) is 0. The Morgan fingerprint density at radius 1 is 0.315 bits per heavy atom. The second-order valence-electron chi connectivity index (χ2n) is 22.9. The summed E-state index contributed by atoms with van der Waals surface area (Å²) in [6.07, 6.45) is 83.5. The van der Waals surface area contributed by atoms with Gasteiger partial charge in [-0.25, -0.2) is 0 Å². The van der Waals surface area contributed by atoms with E-state index in [2.05, 4.69) is 38.2 Å². The van der Waals surface area contributed by atoms with Crippen molar-refractivity contribution in [1.29, 1.82) is 0 Å². The molecule has 1 unspecified atom stereocenters. The van der Waals surface area contributed by atoms with E-state index in [0.29, 0.717) is 12.8 Å². The van der Waals surface area contributed by atoms with Gasteiger partial charge in [0.1, 0.15) is 6.61 Å². The van der Waals surface area contributed by atoms with Crippen molar-refractivity contribution >= 4 is 11.9 Å². The van der Waals surface area contributed by atoms with Gasteiger partial charge in [-0.2, -0.15) is 0 Å². The van der Waals surface area contributed by atoms with Crippen LogP contribution >= 0.6 is 0 Å². The molecule has 1 atom stereocenters. The molecule has 0 radical (unpaired) electrons. The number of ether oxygens (including phenoxy) is 2. The van der Waals surface area contributed by atoms with Gasteiger partial charge < -0.3 is 14.6 Å². The van der Waals surface area contributed by atoms with Gasteiger partial charge in [0.05, 0.1) is 6.61 Å². The molecule has 0 aliphatic carbocycles. The zero-order chi connectivity index (χ0) is 52.7. The molecule has 432 valence electrons. The smallest absolute Gasteiger partial charge is 0.306 e. The zero-order valence-corrected chi connectivity index (χ0v) is 49.7. The summed E-state index contributed by atoms with van der Waals surface area (Å²) >= 11 is 0. The second kappa shape index (κ2) is 64.7. The molecule has 0 saturated carbocycles. The molecule has 5 nitrogen and oxygen atoms in total. The van der Waals surface area contributed by atoms with Gasteiger partial charge in [-0.1, -0.05) is 346 Å². The summed E-state index contributed by atoms with van der Waals surface area (Å²) in [7, 11) is 0. The lowest BCUT2D eigenvalue weighted by Crippen LogP contribution is -2.28. The summed E-state index contributed by atoms with van der Waals surface area (Å²) in [5, 5.41) is 9.68. The van der Waals surface area contributed by atoms with Gasteiger partial charge in [0, 0.05) is 12.8 Å². The third kappa shape index (κ3) is 62.8. The zero-order valence-electron chi connectivity index (χ0n) is 49.7. The van der Waals surface area contributed by atoms with Crippen LogP contribution in [0, 0.1) is 0 Å². The molecular formula is C68H130O5. The van der Waals surface area contributed by atoms with Crippen molar-refractivity contribution in [1.82, 2.24) is 0 Å². The molecule has 0 saturated heterocycles. The highest BCUT2D eigenvalue weighted by molar-refractivity contribution is 5.70. The van der Waals surface area contributed by atoms with Crippen LogP contribution in [-0.4, -0.2) is 36.4 Å². The Labute approximate surface area is 457 Å². The summed E-state index contributed by atoms with van der Waals surface area (Å²) in [6.45, 7) is 4.20. The number of aliphatic hydroxyl groups excluding tert-OH is 1. The topological polar surface area (TPSA) is 72.8 Å². The van der Waals surface area contributed by atoms with Gasteiger partial charge in [0.15, 0.2) is 6.10 Å². The quantitative estimate of drug-likeness (QED) is 0.0373. The third-order valence-corrected chi connectivity index (χ3v) is 15.5. The molecule has 1 N–H and O–H groups in total. The molecule has 0 amide bonds. The number of esters is 2. The highest BCUT2D eigenvalue weighted by Crippen LogP contribution is 2.19. The summed E-state index contributed by atoms with van der Waals surface area (Å²) in [5.74, 6) is -0.563. The van der Waals surface area contributed by atoms with Crippen molar-refractivity contribution in [2.75, 3.05) is 13.2 Å². The number of aliphatic hydroxyl groups is 1. The molecule has 0 aromatic rings. The first-order valence-corrected chi connectivity index (χ1v) is 33.4. The lowest BCUT2D eigenvalue weighted by Gasteiger charge is -2.15. The first-order valence-electron chi connectivity index (χ1n) is 33.4. The van der Waals surface area contributed by atoms with Gasteiger partial charge in [-0.3, -0.25) is 9.59 Å². The van der Waals surface area contributed by atoms with Crippen molar-refractivity contribution in [3.05, 3.63) is 24.3 Å². The van der Waals surface area contributed by atoms with Gasteiger partial charge >= 0.3 is 11.9 Å². The van der Waals surface area contributed by atoms with E-state index in [-0.39, 0.29) is 25.2 Å². The Balaban J connectivity index is 3.37. The summed E-state index contributed by atoms with van der Waals surface area (Å²) in [4.78, 5) is 24.6. The average Bonchev–Trinajstić information content (AvgIpc) is 3.39. The Bertz CT molecular complexity index is 1120. The number of allylic oxidation sites excluding steroid dienone is 4. The molecule has 0 rings (SSSR count). The lowest BCUT2D eigenvalue weighted by atomic mass is 10.0. The van der Waals surface area contributed by atoms with E-state index >= 15 is 0 Å². The maximum absolute atomic E-state index is 12.3. The monoisotopic (exact) mass is 1030 g/mol. The number of carbonyl (C=O) groups excluding carboxylic acids is 2. The van der Waals surface area contributed by atoms with Crippen LogP contribution in [-0.2, 0) is 19.1 Å². The maximum atomic E-state index is 12.3. The van der Waals surface area contributed by atoms with Crippen LogP contribution in [0.3, 0.4) is 0 Å². The van der Waals surface area contributed by atoms with Crippen LogP contribution in [0.1, 0.15) is 380 Å². The van der Waals surface area contributed by atoms with Crippen molar-refractivity contribution in [3.8, 4) is 0 Å². The number of unbranched alkanes of at least 4 members (excludes halogenated alkanes) is 51. The van der Waals surface area contributed by atoms with Crippen LogP contribution in [0.4, 0.5) is 0 Å². The molecule has 73 heavy (non-hydrogen) atoms. The first kappa shape index (κ1) is 71.4. The molecule has 0 aliphatic rings. The molecule has 0 bridgehead atoms. The molecular weight excluding hydrogens is 897 g/mol. The van der Waals surface area contributed by atoms with E-state index in [4.69, 9.17) is 9.47 Å². The molecule has 0 aromatic carbocycles. The largest absolute Gasteiger partial charge is 0.462 e. The van der Waals surface area contributed by atoms with E-state index in [1.165, 1.54) is 315 Å². The predicted octanol–water partition coefficient (Wildman–Crippen LogP) is 22.8. The summed E-state index contributed by atoms with van der Waals surface area (Å²) in [6, 6.07) is 0. The van der Waals surface area contributed by atoms with Crippen molar-refractivity contribution in [2.45, 2.75) is 386 Å². The number of hydrogen-bond donors (Lipinski definition) is 1. The second-order valence-corrected chi connectivity index (χ2v) is 22.9. The van der Waals surface area contributed by atoms with E-state index in [1.807, 2.05) is 0 Å². The summed E-state index contributed by atoms with van der Waals surface area (Å²) < 4.78 is 10.7. The molecule has 0 spiro atoms. The standard InChI is InChI=1S/C68H130O5/c1-3-5-7-9-11-13-15-17-19-21-23-25-27-28-29-30-31-32-33-34-35-36-37-38-39-40-41-43-45-47-49-51-53-55-57-59-61-63-68(71)73-66(64-69)65-72-67(70)62-60-58-56-54-52-50-48-46-44-42-26-24-22-20-18-16-14-12-10-8-6-4-2/h15,17,21,23,66,69H,3-14,16,18-20,22,24-65H2,1-2H3/b17-15-,23-21-. The number of hydrogen-bond acceptors (Lipinski definition) is 5. The predicted molar refractivity (Wildman–Crippen MR) is 321 cm³/mol. The van der Waals surface area contributed by atoms with Crippen LogP contribution in [0.2, 0.25) is 0 Å². The Morgan fingerprint density at radius 2 is 0.548 bits per heavy atom. The van der Waals surface area contributed by atoms with Gasteiger partial charge in [0.25, 0.3) is 0 Å². The van der Waals surface area contributed by atoms with Crippen LogP contribution in [0.15, 0.2) is 24.3 Å². The lowest BCUT2D eigenvalue weighted by molar-refractivity contribution is -0.161. The molecule has 0 aliphatic heterocycles. The molecule has 0 fully saturated rings. The first-order chi connectivity index (χ1) is 36.1. The fourth-order valence-corrected chi connectivity index (χ4v) is 10.5. The van der Waals surface area contributed by atoms with Gasteiger partial charge in [-0.05, 0) is 44.9 Å². The highest BCUT2D eigenvalue weighted by atomic mass is 16.6. The van der Waals surface area contributed by atoms with E-state index in [9.17, 15) is 14.7 Å². The molecule has 0 heterocycles. The van der Waals surface area contributed by atoms with Crippen LogP contribution in [0.5, 0.6) is 0 Å². The van der Waals surface area contributed by atoms with E-state index < -0.39 is 6.10 Å². The fraction of sp³-hybridized carbons (Fsp3) is 0.912. The minimum absolute atomic E-state index is 0.0572.